The number of carbonyl (C=O) groups is 2. The van der Waals surface area contributed by atoms with E-state index >= 15 is 0 Å². The number of likely N-dealkylation sites (tertiary alicyclic amines) is 1. The van der Waals surface area contributed by atoms with E-state index in [-0.39, 0.29) is 24.4 Å². The Hall–Kier alpha value is -2.86. The van der Waals surface area contributed by atoms with Crippen molar-refractivity contribution in [1.29, 1.82) is 0 Å². The molecule has 176 valence electrons. The molecule has 2 aliphatic heterocycles. The molecule has 0 radical (unpaired) electrons. The van der Waals surface area contributed by atoms with Crippen molar-refractivity contribution in [2.45, 2.75) is 45.2 Å². The number of carbonyl (C=O) groups excluding carboxylic acids is 2. The molecule has 1 fully saturated rings. The number of methoxy groups -OCH3 is 1. The summed E-state index contributed by atoms with van der Waals surface area (Å²) in [5.41, 5.74) is 3.27. The summed E-state index contributed by atoms with van der Waals surface area (Å²) in [5, 5.41) is 3.10. The van der Waals surface area contributed by atoms with Crippen LogP contribution in [0.4, 0.5) is 0 Å². The van der Waals surface area contributed by atoms with Gasteiger partial charge in [0, 0.05) is 19.6 Å². The number of fused-ring (bicyclic) bond motifs is 1. The van der Waals surface area contributed by atoms with Gasteiger partial charge in [-0.3, -0.25) is 14.5 Å². The Morgan fingerprint density at radius 2 is 1.76 bits per heavy atom. The molecular weight excluding hydrogens is 414 g/mol. The largest absolute Gasteiger partial charge is 0.497 e. The third-order valence-electron chi connectivity index (χ3n) is 7.05. The molecule has 2 aromatic carbocycles. The third-order valence-corrected chi connectivity index (χ3v) is 7.05. The van der Waals surface area contributed by atoms with Gasteiger partial charge in [-0.25, -0.2) is 0 Å². The van der Waals surface area contributed by atoms with E-state index in [1.807, 2.05) is 48.2 Å². The molecule has 6 nitrogen and oxygen atoms in total. The number of nitrogens with one attached hydrogen (secondary N) is 1. The van der Waals surface area contributed by atoms with Gasteiger partial charge in [0.15, 0.2) is 0 Å². The summed E-state index contributed by atoms with van der Waals surface area (Å²) in [4.78, 5) is 30.7. The Bertz CT molecular complexity index is 967. The lowest BCUT2D eigenvalue weighted by atomic mass is 9.90. The van der Waals surface area contributed by atoms with Gasteiger partial charge in [0.2, 0.25) is 11.8 Å². The molecule has 2 heterocycles. The highest BCUT2D eigenvalue weighted by Crippen LogP contribution is 2.32. The molecule has 2 unspecified atom stereocenters. The number of nitrogens with zero attached hydrogens (tertiary/aromatic N) is 2. The quantitative estimate of drug-likeness (QED) is 0.730. The topological polar surface area (TPSA) is 61.9 Å². The SMILES string of the molecule is COc1ccc(C(C)NC(=O)CN2CCc3ccccc3C2C(=O)N2CCC(C)CC2)cc1. The molecule has 33 heavy (non-hydrogen) atoms. The molecule has 1 N–H and O–H groups in total. The Kier molecular flexibility index (Phi) is 7.33. The van der Waals surface area contributed by atoms with Crippen molar-refractivity contribution in [1.82, 2.24) is 15.1 Å². The molecule has 0 saturated carbocycles. The highest BCUT2D eigenvalue weighted by atomic mass is 16.5. The number of hydrogen-bond acceptors (Lipinski definition) is 4. The molecule has 0 spiro atoms. The molecule has 4 rings (SSSR count). The lowest BCUT2D eigenvalue weighted by Gasteiger charge is -2.40. The first-order valence-corrected chi connectivity index (χ1v) is 12.0. The molecule has 1 saturated heterocycles. The highest BCUT2D eigenvalue weighted by molar-refractivity contribution is 5.86. The standard InChI is InChI=1S/C27H35N3O3/c1-19-12-15-29(16-13-19)27(32)26-24-7-5-4-6-22(24)14-17-30(26)18-25(31)28-20(2)21-8-10-23(33-3)11-9-21/h4-11,19-20,26H,12-18H2,1-3H3,(H,28,31). The second kappa shape index (κ2) is 10.4. The fourth-order valence-corrected chi connectivity index (χ4v) is 4.93. The van der Waals surface area contributed by atoms with E-state index in [0.29, 0.717) is 12.5 Å². The number of rotatable bonds is 6. The van der Waals surface area contributed by atoms with E-state index < -0.39 is 6.04 Å². The summed E-state index contributed by atoms with van der Waals surface area (Å²) in [5.74, 6) is 1.51. The molecule has 2 amide bonds. The van der Waals surface area contributed by atoms with Crippen LogP contribution < -0.4 is 10.1 Å². The van der Waals surface area contributed by atoms with E-state index in [9.17, 15) is 9.59 Å². The van der Waals surface area contributed by atoms with Crippen LogP contribution in [0, 0.1) is 5.92 Å². The van der Waals surface area contributed by atoms with Crippen molar-refractivity contribution in [3.05, 3.63) is 65.2 Å². The zero-order chi connectivity index (χ0) is 23.4. The van der Waals surface area contributed by atoms with Gasteiger partial charge in [-0.1, -0.05) is 43.3 Å². The van der Waals surface area contributed by atoms with E-state index in [0.717, 1.165) is 49.2 Å². The average molecular weight is 450 g/mol. The summed E-state index contributed by atoms with van der Waals surface area (Å²) < 4.78 is 5.22. The molecule has 0 bridgehead atoms. The van der Waals surface area contributed by atoms with Crippen molar-refractivity contribution in [2.24, 2.45) is 5.92 Å². The van der Waals surface area contributed by atoms with Gasteiger partial charge in [-0.15, -0.1) is 0 Å². The average Bonchev–Trinajstić information content (AvgIpc) is 2.84. The van der Waals surface area contributed by atoms with Gasteiger partial charge in [0.25, 0.3) is 0 Å². The van der Waals surface area contributed by atoms with E-state index in [4.69, 9.17) is 4.74 Å². The maximum Gasteiger partial charge on any atom is 0.244 e. The predicted octanol–water partition coefficient (Wildman–Crippen LogP) is 3.73. The Morgan fingerprint density at radius 3 is 2.45 bits per heavy atom. The minimum Gasteiger partial charge on any atom is -0.497 e. The smallest absolute Gasteiger partial charge is 0.244 e. The van der Waals surface area contributed by atoms with Crippen LogP contribution in [0.2, 0.25) is 0 Å². The molecule has 2 aliphatic rings. The van der Waals surface area contributed by atoms with Crippen molar-refractivity contribution in [3.63, 3.8) is 0 Å². The van der Waals surface area contributed by atoms with Crippen LogP contribution in [0.15, 0.2) is 48.5 Å². The van der Waals surface area contributed by atoms with Gasteiger partial charge in [-0.05, 0) is 60.9 Å². The predicted molar refractivity (Wildman–Crippen MR) is 129 cm³/mol. The summed E-state index contributed by atoms with van der Waals surface area (Å²) in [7, 11) is 1.64. The van der Waals surface area contributed by atoms with Crippen LogP contribution in [0.25, 0.3) is 0 Å². The van der Waals surface area contributed by atoms with Gasteiger partial charge < -0.3 is 15.0 Å². The molecule has 0 aromatic heterocycles. The van der Waals surface area contributed by atoms with Crippen LogP contribution in [0.3, 0.4) is 0 Å². The molecule has 2 aromatic rings. The lowest BCUT2D eigenvalue weighted by Crippen LogP contribution is -2.50. The summed E-state index contributed by atoms with van der Waals surface area (Å²) >= 11 is 0. The zero-order valence-corrected chi connectivity index (χ0v) is 19.9. The number of piperidine rings is 1. The zero-order valence-electron chi connectivity index (χ0n) is 19.9. The molecular formula is C27H35N3O3. The fraction of sp³-hybridized carbons (Fsp3) is 0.481. The monoisotopic (exact) mass is 449 g/mol. The summed E-state index contributed by atoms with van der Waals surface area (Å²) in [6, 6.07) is 15.4. The van der Waals surface area contributed by atoms with Crippen LogP contribution in [-0.4, -0.2) is 54.9 Å². The van der Waals surface area contributed by atoms with E-state index in [2.05, 4.69) is 29.3 Å². The summed E-state index contributed by atoms with van der Waals surface area (Å²) in [6.07, 6.45) is 2.93. The number of ether oxygens (including phenoxy) is 1. The Morgan fingerprint density at radius 1 is 1.06 bits per heavy atom. The normalized spacial score (nSPS) is 20.1. The van der Waals surface area contributed by atoms with Gasteiger partial charge in [0.1, 0.15) is 11.8 Å². The molecule has 6 heteroatoms. The summed E-state index contributed by atoms with van der Waals surface area (Å²) in [6.45, 7) is 6.72. The Balaban J connectivity index is 1.47. The second-order valence-electron chi connectivity index (χ2n) is 9.39. The van der Waals surface area contributed by atoms with Gasteiger partial charge in [-0.2, -0.15) is 0 Å². The minimum absolute atomic E-state index is 0.0669. The van der Waals surface area contributed by atoms with Crippen LogP contribution >= 0.6 is 0 Å². The van der Waals surface area contributed by atoms with Gasteiger partial charge in [0.05, 0.1) is 19.7 Å². The first kappa shape index (κ1) is 23.3. The van der Waals surface area contributed by atoms with E-state index in [1.165, 1.54) is 5.56 Å². The van der Waals surface area contributed by atoms with Crippen molar-refractivity contribution in [3.8, 4) is 5.75 Å². The maximum atomic E-state index is 13.7. The van der Waals surface area contributed by atoms with Crippen LogP contribution in [-0.2, 0) is 16.0 Å². The second-order valence-corrected chi connectivity index (χ2v) is 9.39. The molecule has 2 atom stereocenters. The van der Waals surface area contributed by atoms with Crippen molar-refractivity contribution < 1.29 is 14.3 Å². The number of benzene rings is 2. The van der Waals surface area contributed by atoms with Gasteiger partial charge >= 0.3 is 0 Å². The maximum absolute atomic E-state index is 13.7. The van der Waals surface area contributed by atoms with Crippen LogP contribution in [0.5, 0.6) is 5.75 Å². The van der Waals surface area contributed by atoms with Crippen LogP contribution in [0.1, 0.15) is 55.5 Å². The lowest BCUT2D eigenvalue weighted by molar-refractivity contribution is -0.140. The van der Waals surface area contributed by atoms with Crippen molar-refractivity contribution >= 4 is 11.8 Å². The third kappa shape index (κ3) is 5.38. The van der Waals surface area contributed by atoms with E-state index in [1.54, 1.807) is 7.11 Å². The number of amides is 2. The fourth-order valence-electron chi connectivity index (χ4n) is 4.93. The Labute approximate surface area is 196 Å². The highest BCUT2D eigenvalue weighted by Gasteiger charge is 2.37. The first-order valence-electron chi connectivity index (χ1n) is 12.0. The minimum atomic E-state index is -0.398. The number of hydrogen-bond donors (Lipinski definition) is 1. The molecule has 0 aliphatic carbocycles. The first-order chi connectivity index (χ1) is 16.0. The van der Waals surface area contributed by atoms with Crippen molar-refractivity contribution in [2.75, 3.05) is 33.3 Å².